The summed E-state index contributed by atoms with van der Waals surface area (Å²) < 4.78 is 0. The number of hydrogen-bond acceptors (Lipinski definition) is 2. The zero-order valence-corrected chi connectivity index (χ0v) is 14.6. The number of Topliss-reactive ketones (excluding diaryl/α,β-unsaturated/α-hetero) is 2. The van der Waals surface area contributed by atoms with Crippen LogP contribution in [-0.4, -0.2) is 11.6 Å². The third-order valence-electron chi connectivity index (χ3n) is 5.17. The van der Waals surface area contributed by atoms with Crippen molar-refractivity contribution >= 4 is 11.6 Å². The van der Waals surface area contributed by atoms with Crippen molar-refractivity contribution in [1.29, 1.82) is 0 Å². The molecule has 3 aliphatic rings. The molecule has 3 aliphatic carbocycles. The van der Waals surface area contributed by atoms with Gasteiger partial charge in [-0.15, -0.1) is 6.58 Å². The third-order valence-corrected chi connectivity index (χ3v) is 5.17. The molecule has 0 aromatic rings. The molecular formula is C20H28O2. The van der Waals surface area contributed by atoms with Crippen molar-refractivity contribution in [2.75, 3.05) is 0 Å². The van der Waals surface area contributed by atoms with Gasteiger partial charge in [-0.2, -0.15) is 0 Å². The molecular weight excluding hydrogens is 272 g/mol. The summed E-state index contributed by atoms with van der Waals surface area (Å²) in [6.07, 6.45) is 4.37. The number of rotatable bonds is 0. The van der Waals surface area contributed by atoms with Crippen molar-refractivity contribution in [2.45, 2.75) is 60.3 Å². The van der Waals surface area contributed by atoms with Gasteiger partial charge in [-0.25, -0.2) is 0 Å². The molecule has 3 atom stereocenters. The predicted octanol–water partition coefficient (Wildman–Crippen LogP) is 4.81. The standard InChI is InChI=1S/C16H20O2.C4H8/c1-8-4-7-12-10(3)15(17)16(18)13-9(2)5-6-11(8)14(12)13;1-4(2)3/h8-9,11H,4-7H2,1-3H3;1H2,2-3H3/t8-,9-,11?;/m0./s1. The molecule has 0 aliphatic heterocycles. The van der Waals surface area contributed by atoms with Crippen LogP contribution in [0.4, 0.5) is 0 Å². The molecule has 0 amide bonds. The second kappa shape index (κ2) is 6.36. The molecule has 2 heteroatoms. The summed E-state index contributed by atoms with van der Waals surface area (Å²) in [6, 6.07) is 0. The third kappa shape index (κ3) is 2.88. The predicted molar refractivity (Wildman–Crippen MR) is 90.5 cm³/mol. The second-order valence-corrected chi connectivity index (χ2v) is 7.40. The van der Waals surface area contributed by atoms with Crippen LogP contribution in [0.15, 0.2) is 34.4 Å². The summed E-state index contributed by atoms with van der Waals surface area (Å²) in [5.74, 6) is 0.983. The fraction of sp³-hybridized carbons (Fsp3) is 0.600. The number of carbonyl (C=O) groups excluding carboxylic acids is 2. The summed E-state index contributed by atoms with van der Waals surface area (Å²) in [5, 5.41) is 0. The molecule has 0 aromatic carbocycles. The number of allylic oxidation sites excluding steroid dienone is 5. The van der Waals surface area contributed by atoms with E-state index in [1.54, 1.807) is 0 Å². The van der Waals surface area contributed by atoms with Crippen LogP contribution in [0.1, 0.15) is 60.3 Å². The Morgan fingerprint density at radius 1 is 1.00 bits per heavy atom. The Kier molecular flexibility index (Phi) is 4.89. The van der Waals surface area contributed by atoms with Crippen LogP contribution in [0.5, 0.6) is 0 Å². The van der Waals surface area contributed by atoms with Crippen molar-refractivity contribution in [2.24, 2.45) is 17.8 Å². The Balaban J connectivity index is 0.000000396. The lowest BCUT2D eigenvalue weighted by Gasteiger charge is -2.42. The molecule has 0 N–H and O–H groups in total. The molecule has 0 heterocycles. The largest absolute Gasteiger partial charge is 0.285 e. The molecule has 120 valence electrons. The Bertz CT molecular complexity index is 585. The van der Waals surface area contributed by atoms with Gasteiger partial charge in [0.25, 0.3) is 0 Å². The lowest BCUT2D eigenvalue weighted by atomic mass is 9.61. The summed E-state index contributed by atoms with van der Waals surface area (Å²) in [7, 11) is 0. The summed E-state index contributed by atoms with van der Waals surface area (Å²) in [6.45, 7) is 13.7. The monoisotopic (exact) mass is 300 g/mol. The minimum atomic E-state index is -0.245. The molecule has 0 radical (unpaired) electrons. The second-order valence-electron chi connectivity index (χ2n) is 7.40. The molecule has 22 heavy (non-hydrogen) atoms. The van der Waals surface area contributed by atoms with E-state index in [9.17, 15) is 9.59 Å². The smallest absolute Gasteiger partial charge is 0.229 e. The highest BCUT2D eigenvalue weighted by Crippen LogP contribution is 2.50. The van der Waals surface area contributed by atoms with Gasteiger partial charge in [0.1, 0.15) is 0 Å². The zero-order valence-electron chi connectivity index (χ0n) is 14.6. The van der Waals surface area contributed by atoms with E-state index >= 15 is 0 Å². The summed E-state index contributed by atoms with van der Waals surface area (Å²) in [4.78, 5) is 24.3. The first-order chi connectivity index (χ1) is 10.3. The van der Waals surface area contributed by atoms with Crippen molar-refractivity contribution < 1.29 is 9.59 Å². The Labute approximate surface area is 134 Å². The lowest BCUT2D eigenvalue weighted by Crippen LogP contribution is -2.37. The van der Waals surface area contributed by atoms with Crippen molar-refractivity contribution in [3.63, 3.8) is 0 Å². The van der Waals surface area contributed by atoms with Crippen LogP contribution in [0.3, 0.4) is 0 Å². The van der Waals surface area contributed by atoms with Crippen LogP contribution >= 0.6 is 0 Å². The first-order valence-electron chi connectivity index (χ1n) is 8.41. The minimum Gasteiger partial charge on any atom is -0.285 e. The van der Waals surface area contributed by atoms with Crippen molar-refractivity contribution in [3.8, 4) is 0 Å². The average Bonchev–Trinajstić information content (AvgIpc) is 2.43. The Morgan fingerprint density at radius 3 is 2.18 bits per heavy atom. The van der Waals surface area contributed by atoms with E-state index in [-0.39, 0.29) is 17.5 Å². The van der Waals surface area contributed by atoms with Crippen molar-refractivity contribution in [1.82, 2.24) is 0 Å². The molecule has 0 spiro atoms. The fourth-order valence-corrected chi connectivity index (χ4v) is 4.01. The maximum Gasteiger partial charge on any atom is 0.229 e. The van der Waals surface area contributed by atoms with E-state index in [1.165, 1.54) is 23.1 Å². The van der Waals surface area contributed by atoms with Crippen LogP contribution in [0, 0.1) is 17.8 Å². The van der Waals surface area contributed by atoms with Crippen molar-refractivity contribution in [3.05, 3.63) is 34.4 Å². The van der Waals surface area contributed by atoms with E-state index < -0.39 is 0 Å². The van der Waals surface area contributed by atoms with Gasteiger partial charge in [0.15, 0.2) is 0 Å². The van der Waals surface area contributed by atoms with Gasteiger partial charge in [0, 0.05) is 11.1 Å². The molecule has 0 bridgehead atoms. The topological polar surface area (TPSA) is 34.1 Å². The number of hydrogen-bond donors (Lipinski definition) is 0. The van der Waals surface area contributed by atoms with E-state index in [4.69, 9.17) is 0 Å². The first-order valence-corrected chi connectivity index (χ1v) is 8.41. The van der Waals surface area contributed by atoms with Gasteiger partial charge in [0.2, 0.25) is 11.6 Å². The normalized spacial score (nSPS) is 30.7. The lowest BCUT2D eigenvalue weighted by molar-refractivity contribution is -0.132. The molecule has 3 rings (SSSR count). The Hall–Kier alpha value is -1.44. The quantitative estimate of drug-likeness (QED) is 0.365. The van der Waals surface area contributed by atoms with E-state index in [1.807, 2.05) is 20.8 Å². The highest BCUT2D eigenvalue weighted by Gasteiger charge is 2.43. The van der Waals surface area contributed by atoms with E-state index in [0.29, 0.717) is 11.8 Å². The molecule has 1 unspecified atom stereocenters. The van der Waals surface area contributed by atoms with Gasteiger partial charge in [-0.3, -0.25) is 9.59 Å². The van der Waals surface area contributed by atoms with E-state index in [0.717, 1.165) is 30.4 Å². The van der Waals surface area contributed by atoms with Gasteiger partial charge < -0.3 is 0 Å². The van der Waals surface area contributed by atoms with Gasteiger partial charge in [0.05, 0.1) is 0 Å². The number of ketones is 2. The van der Waals surface area contributed by atoms with Crippen LogP contribution in [0.2, 0.25) is 0 Å². The summed E-state index contributed by atoms with van der Waals surface area (Å²) in [5.41, 5.74) is 5.24. The first kappa shape index (κ1) is 16.9. The molecule has 1 saturated carbocycles. The van der Waals surface area contributed by atoms with Crippen LogP contribution in [-0.2, 0) is 9.59 Å². The molecule has 1 fully saturated rings. The van der Waals surface area contributed by atoms with Gasteiger partial charge >= 0.3 is 0 Å². The number of carbonyl (C=O) groups is 2. The van der Waals surface area contributed by atoms with Gasteiger partial charge in [-0.1, -0.05) is 19.4 Å². The fourth-order valence-electron chi connectivity index (χ4n) is 4.01. The molecule has 0 saturated heterocycles. The van der Waals surface area contributed by atoms with Crippen LogP contribution < -0.4 is 0 Å². The highest BCUT2D eigenvalue weighted by atomic mass is 16.2. The maximum atomic E-state index is 12.3. The molecule has 0 aromatic heterocycles. The van der Waals surface area contributed by atoms with E-state index in [2.05, 4.69) is 20.4 Å². The average molecular weight is 300 g/mol. The minimum absolute atomic E-state index is 0.211. The van der Waals surface area contributed by atoms with Crippen LogP contribution in [0.25, 0.3) is 0 Å². The maximum absolute atomic E-state index is 12.3. The molecule has 2 nitrogen and oxygen atoms in total. The summed E-state index contributed by atoms with van der Waals surface area (Å²) >= 11 is 0. The zero-order chi connectivity index (χ0) is 16.6. The van der Waals surface area contributed by atoms with Gasteiger partial charge in [-0.05, 0) is 75.4 Å². The Morgan fingerprint density at radius 2 is 1.59 bits per heavy atom. The SMILES string of the molecule is C=C(C)C.CC1=C2CC[C@H](C)C3CC[C@H](C)C(=C23)C(=O)C1=O. The highest BCUT2D eigenvalue weighted by molar-refractivity contribution is 6.50.